The van der Waals surface area contributed by atoms with Crippen LogP contribution in [-0.2, 0) is 11.2 Å². The van der Waals surface area contributed by atoms with Crippen molar-refractivity contribution in [3.05, 3.63) is 57.8 Å². The smallest absolute Gasteiger partial charge is 0.345 e. The summed E-state index contributed by atoms with van der Waals surface area (Å²) < 4.78 is 28.2. The number of hydrogen-bond acceptors (Lipinski definition) is 4. The highest BCUT2D eigenvalue weighted by atomic mass is 32.1. The molecule has 0 radical (unpaired) electrons. The van der Waals surface area contributed by atoms with E-state index in [2.05, 4.69) is 11.8 Å². The Bertz CT molecular complexity index is 1010. The lowest BCUT2D eigenvalue weighted by Crippen LogP contribution is -2.37. The van der Waals surface area contributed by atoms with Gasteiger partial charge in [-0.25, -0.2) is 4.79 Å². The summed E-state index contributed by atoms with van der Waals surface area (Å²) in [7, 11) is 0. The van der Waals surface area contributed by atoms with Gasteiger partial charge in [-0.1, -0.05) is 30.0 Å². The van der Waals surface area contributed by atoms with Crippen molar-refractivity contribution in [3.8, 4) is 11.8 Å². The zero-order chi connectivity index (χ0) is 23.8. The molecule has 176 valence electrons. The average molecular weight is 476 g/mol. The number of carbonyl (C=O) groups is 2. The molecule has 2 aromatic rings. The Morgan fingerprint density at radius 3 is 2.67 bits per heavy atom. The van der Waals surface area contributed by atoms with Crippen LogP contribution < -0.4 is 0 Å². The van der Waals surface area contributed by atoms with Crippen molar-refractivity contribution in [2.75, 3.05) is 6.54 Å². The zero-order valence-electron chi connectivity index (χ0n) is 18.2. The van der Waals surface area contributed by atoms with Crippen LogP contribution in [0, 0.1) is 11.8 Å². The molecule has 2 heterocycles. The third-order valence-corrected chi connectivity index (χ3v) is 6.78. The van der Waals surface area contributed by atoms with Crippen LogP contribution in [0.25, 0.3) is 0 Å². The van der Waals surface area contributed by atoms with Crippen molar-refractivity contribution in [2.45, 2.75) is 63.0 Å². The number of aliphatic hydroxyl groups excluding tert-OH is 1. The Morgan fingerprint density at radius 2 is 1.97 bits per heavy atom. The minimum Gasteiger partial charge on any atom is -0.477 e. The Labute approximate surface area is 196 Å². The molecule has 5 nitrogen and oxygen atoms in total. The number of carboxylic acid groups (broad SMARTS) is 1. The number of nitrogens with zero attached hydrogens (tertiary/aromatic N) is 1. The van der Waals surface area contributed by atoms with E-state index in [0.717, 1.165) is 21.8 Å². The van der Waals surface area contributed by atoms with Gasteiger partial charge in [0.1, 0.15) is 4.88 Å². The number of likely N-dealkylation sites (tertiary alicyclic amines) is 1. The van der Waals surface area contributed by atoms with Crippen molar-refractivity contribution in [2.24, 2.45) is 0 Å². The van der Waals surface area contributed by atoms with Crippen molar-refractivity contribution >= 4 is 23.2 Å². The number of halogens is 2. The molecule has 0 aliphatic carbocycles. The molecule has 1 aliphatic rings. The Balaban J connectivity index is 1.46. The molecule has 0 spiro atoms. The molecule has 0 bridgehead atoms. The van der Waals surface area contributed by atoms with Gasteiger partial charge in [-0.05, 0) is 56.4 Å². The summed E-state index contributed by atoms with van der Waals surface area (Å²) in [4.78, 5) is 25.5. The van der Waals surface area contributed by atoms with Gasteiger partial charge in [0.25, 0.3) is 5.91 Å². The summed E-state index contributed by atoms with van der Waals surface area (Å²) in [5, 5.41) is 19.2. The summed E-state index contributed by atoms with van der Waals surface area (Å²) in [5.74, 6) is 0.499. The molecule has 33 heavy (non-hydrogen) atoms. The number of rotatable bonds is 10. The number of amides is 1. The van der Waals surface area contributed by atoms with Crippen LogP contribution in [-0.4, -0.2) is 51.6 Å². The van der Waals surface area contributed by atoms with E-state index in [9.17, 15) is 23.5 Å². The van der Waals surface area contributed by atoms with E-state index in [1.54, 1.807) is 6.07 Å². The average Bonchev–Trinajstić information content (AvgIpc) is 3.34. The Morgan fingerprint density at radius 1 is 1.21 bits per heavy atom. The first-order chi connectivity index (χ1) is 15.8. The molecular weight excluding hydrogens is 448 g/mol. The Hall–Kier alpha value is -2.76. The van der Waals surface area contributed by atoms with Gasteiger partial charge in [0.2, 0.25) is 0 Å². The van der Waals surface area contributed by atoms with E-state index < -0.39 is 36.4 Å². The van der Waals surface area contributed by atoms with Gasteiger partial charge in [-0.2, -0.15) is 8.78 Å². The van der Waals surface area contributed by atoms with Gasteiger partial charge < -0.3 is 15.1 Å². The van der Waals surface area contributed by atoms with Gasteiger partial charge in [-0.3, -0.25) is 4.79 Å². The molecule has 1 amide bonds. The van der Waals surface area contributed by atoms with E-state index in [0.29, 0.717) is 38.5 Å². The summed E-state index contributed by atoms with van der Waals surface area (Å²) in [6.07, 6.45) is 1.36. The molecule has 0 unspecified atom stereocenters. The van der Waals surface area contributed by atoms with Gasteiger partial charge in [0, 0.05) is 35.9 Å². The first-order valence-electron chi connectivity index (χ1n) is 11.0. The summed E-state index contributed by atoms with van der Waals surface area (Å²) in [5.41, 5.74) is 0.899. The minimum atomic E-state index is -3.38. The predicted octanol–water partition coefficient (Wildman–Crippen LogP) is 4.59. The molecular formula is C25H27F2NO4S. The van der Waals surface area contributed by atoms with Crippen molar-refractivity contribution < 1.29 is 28.6 Å². The van der Waals surface area contributed by atoms with Crippen LogP contribution in [0.5, 0.6) is 0 Å². The molecule has 3 rings (SSSR count). The summed E-state index contributed by atoms with van der Waals surface area (Å²) in [6.45, 7) is 0.179. The number of thiophene rings is 1. The summed E-state index contributed by atoms with van der Waals surface area (Å²) in [6, 6.07) is 12.1. The zero-order valence-corrected chi connectivity index (χ0v) is 19.0. The number of aryl methyl sites for hydroxylation is 1. The molecule has 1 aromatic heterocycles. The topological polar surface area (TPSA) is 77.8 Å². The molecule has 1 fully saturated rings. The van der Waals surface area contributed by atoms with Gasteiger partial charge in [-0.15, -0.1) is 11.3 Å². The highest BCUT2D eigenvalue weighted by Gasteiger charge is 2.52. The molecule has 1 saturated heterocycles. The number of hydrogen-bond donors (Lipinski definition) is 2. The lowest BCUT2D eigenvalue weighted by molar-refractivity contribution is -0.148. The van der Waals surface area contributed by atoms with Crippen molar-refractivity contribution in [1.82, 2.24) is 4.90 Å². The number of aliphatic hydroxyl groups is 1. The second-order valence-corrected chi connectivity index (χ2v) is 9.34. The van der Waals surface area contributed by atoms with Crippen LogP contribution in [0.1, 0.15) is 58.6 Å². The van der Waals surface area contributed by atoms with E-state index in [4.69, 9.17) is 5.11 Å². The van der Waals surface area contributed by atoms with Gasteiger partial charge >= 0.3 is 11.9 Å². The van der Waals surface area contributed by atoms with Crippen molar-refractivity contribution in [1.29, 1.82) is 0 Å². The highest BCUT2D eigenvalue weighted by molar-refractivity contribution is 7.13. The lowest BCUT2D eigenvalue weighted by atomic mass is 10.0. The van der Waals surface area contributed by atoms with E-state index in [1.807, 2.05) is 30.3 Å². The van der Waals surface area contributed by atoms with Crippen LogP contribution in [0.4, 0.5) is 8.78 Å². The third-order valence-electron chi connectivity index (χ3n) is 5.64. The SMILES string of the molecule is O=C(O)c1ccc(CCCN2C(=O)C(F)(F)C[C@@H]2CC[C@@H](O)CCC#Cc2ccccc2)s1. The number of aromatic carboxylic acids is 1. The fraction of sp³-hybridized carbons (Fsp3) is 0.440. The van der Waals surface area contributed by atoms with E-state index in [1.165, 1.54) is 11.0 Å². The maximum atomic E-state index is 14.1. The normalized spacial score (nSPS) is 18.1. The molecule has 8 heteroatoms. The van der Waals surface area contributed by atoms with Crippen LogP contribution in [0.3, 0.4) is 0 Å². The Kier molecular flexibility index (Phi) is 8.59. The number of carbonyl (C=O) groups excluding carboxylic acids is 1. The maximum absolute atomic E-state index is 14.1. The highest BCUT2D eigenvalue weighted by Crippen LogP contribution is 2.36. The first kappa shape index (κ1) is 24.9. The van der Waals surface area contributed by atoms with Crippen LogP contribution in [0.15, 0.2) is 42.5 Å². The molecule has 1 aliphatic heterocycles. The molecule has 1 aromatic carbocycles. The van der Waals surface area contributed by atoms with E-state index >= 15 is 0 Å². The minimum absolute atomic E-state index is 0.179. The number of carboxylic acids is 1. The standard InChI is InChI=1S/C25H27F2NO4S/c26-25(27)17-19(12-13-20(29)10-5-4-9-18-7-2-1-3-8-18)28(24(25)32)16-6-11-21-14-15-22(33-21)23(30)31/h1-3,7-8,14-15,19-20,29H,5-6,10-13,16-17H2,(H,30,31)/t19-,20-/m0/s1. The second kappa shape index (κ2) is 11.4. The monoisotopic (exact) mass is 475 g/mol. The van der Waals surface area contributed by atoms with Crippen LogP contribution >= 0.6 is 11.3 Å². The van der Waals surface area contributed by atoms with Crippen molar-refractivity contribution in [3.63, 3.8) is 0 Å². The largest absolute Gasteiger partial charge is 0.477 e. The third kappa shape index (κ3) is 7.11. The van der Waals surface area contributed by atoms with Crippen LogP contribution in [0.2, 0.25) is 0 Å². The second-order valence-electron chi connectivity index (χ2n) is 8.17. The number of alkyl halides is 2. The number of benzene rings is 1. The fourth-order valence-corrected chi connectivity index (χ4v) is 4.80. The summed E-state index contributed by atoms with van der Waals surface area (Å²) >= 11 is 1.15. The maximum Gasteiger partial charge on any atom is 0.345 e. The molecule has 0 saturated carbocycles. The molecule has 2 atom stereocenters. The van der Waals surface area contributed by atoms with E-state index in [-0.39, 0.29) is 11.4 Å². The molecule has 2 N–H and O–H groups in total. The first-order valence-corrected chi connectivity index (χ1v) is 11.8. The quantitative estimate of drug-likeness (QED) is 0.493. The van der Waals surface area contributed by atoms with Gasteiger partial charge in [0.05, 0.1) is 6.10 Å². The predicted molar refractivity (Wildman–Crippen MR) is 122 cm³/mol. The lowest BCUT2D eigenvalue weighted by Gasteiger charge is -2.24. The van der Waals surface area contributed by atoms with Gasteiger partial charge in [0.15, 0.2) is 0 Å². The fourth-order valence-electron chi connectivity index (χ4n) is 3.92.